The number of amides is 1. The molecule has 0 bridgehead atoms. The quantitative estimate of drug-likeness (QED) is 0.313. The molecular weight excluding hydrogens is 418 g/mol. The number of hydrogen-bond donors (Lipinski definition) is 0. The van der Waals surface area contributed by atoms with Crippen LogP contribution in [0.3, 0.4) is 0 Å². The maximum Gasteiger partial charge on any atom is 0.326 e. The van der Waals surface area contributed by atoms with Crippen LogP contribution in [0.15, 0.2) is 47.5 Å². The lowest BCUT2D eigenvalue weighted by atomic mass is 10.0. The Morgan fingerprint density at radius 2 is 1.90 bits per heavy atom. The molecule has 3 rings (SSSR count). The molecule has 9 heteroatoms. The van der Waals surface area contributed by atoms with E-state index in [0.29, 0.717) is 20.9 Å². The minimum absolute atomic E-state index is 0.0693. The highest BCUT2D eigenvalue weighted by molar-refractivity contribution is 7.16. The van der Waals surface area contributed by atoms with Gasteiger partial charge in [-0.15, -0.1) is 0 Å². The van der Waals surface area contributed by atoms with Gasteiger partial charge < -0.3 is 9.30 Å². The summed E-state index contributed by atoms with van der Waals surface area (Å²) < 4.78 is 7.14. The molecule has 2 aromatic carbocycles. The molecule has 0 spiro atoms. The standard InChI is InChI=1S/C22H23N3O5S/c1-4-30-21(27)13-24-18-10-9-17(25(28)29)12-19(18)31-22(24)23-20(26)11-15-5-7-16(8-6-15)14(2)3/h5-10,12,14H,4,11,13H2,1-3H3. The third-order valence-electron chi connectivity index (χ3n) is 4.69. The fraction of sp³-hybridized carbons (Fsp3) is 0.318. The molecule has 1 aromatic heterocycles. The van der Waals surface area contributed by atoms with E-state index in [2.05, 4.69) is 18.8 Å². The first-order valence-corrected chi connectivity index (χ1v) is 10.7. The van der Waals surface area contributed by atoms with E-state index in [1.54, 1.807) is 17.6 Å². The molecule has 0 fully saturated rings. The topological polar surface area (TPSA) is 104 Å². The van der Waals surface area contributed by atoms with E-state index in [9.17, 15) is 19.7 Å². The molecule has 0 aliphatic heterocycles. The number of carbonyl (C=O) groups excluding carboxylic acids is 2. The average Bonchev–Trinajstić information content (AvgIpc) is 3.04. The summed E-state index contributed by atoms with van der Waals surface area (Å²) in [4.78, 5) is 39.8. The maximum absolute atomic E-state index is 12.6. The second-order valence-electron chi connectivity index (χ2n) is 7.26. The van der Waals surface area contributed by atoms with Crippen molar-refractivity contribution in [3.05, 3.63) is 68.5 Å². The van der Waals surface area contributed by atoms with Crippen LogP contribution in [0.2, 0.25) is 0 Å². The zero-order chi connectivity index (χ0) is 22.5. The highest BCUT2D eigenvalue weighted by atomic mass is 32.1. The van der Waals surface area contributed by atoms with Gasteiger partial charge in [0.15, 0.2) is 4.80 Å². The monoisotopic (exact) mass is 441 g/mol. The maximum atomic E-state index is 12.6. The van der Waals surface area contributed by atoms with Crippen molar-refractivity contribution in [1.82, 2.24) is 4.57 Å². The predicted octanol–water partition coefficient (Wildman–Crippen LogP) is 3.97. The van der Waals surface area contributed by atoms with Crippen LogP contribution in [0.4, 0.5) is 5.69 Å². The van der Waals surface area contributed by atoms with E-state index in [-0.39, 0.29) is 31.2 Å². The number of benzene rings is 2. The number of non-ortho nitro benzene ring substituents is 1. The Morgan fingerprint density at radius 3 is 2.52 bits per heavy atom. The molecular formula is C22H23N3O5S. The zero-order valence-corrected chi connectivity index (χ0v) is 18.3. The fourth-order valence-electron chi connectivity index (χ4n) is 3.09. The SMILES string of the molecule is CCOC(=O)Cn1c(=NC(=O)Cc2ccc(C(C)C)cc2)sc2cc([N+](=O)[O-])ccc21. The Morgan fingerprint density at radius 1 is 1.19 bits per heavy atom. The first kappa shape index (κ1) is 22.4. The number of esters is 1. The highest BCUT2D eigenvalue weighted by Crippen LogP contribution is 2.23. The van der Waals surface area contributed by atoms with Crippen LogP contribution in [-0.4, -0.2) is 28.0 Å². The molecule has 0 N–H and O–H groups in total. The Balaban J connectivity index is 1.97. The average molecular weight is 442 g/mol. The number of thiazole rings is 1. The summed E-state index contributed by atoms with van der Waals surface area (Å²) in [6, 6.07) is 12.1. The van der Waals surface area contributed by atoms with E-state index in [1.807, 2.05) is 24.3 Å². The van der Waals surface area contributed by atoms with E-state index < -0.39 is 10.9 Å². The molecule has 0 saturated carbocycles. The van der Waals surface area contributed by atoms with Gasteiger partial charge in [0.2, 0.25) is 0 Å². The molecule has 0 aliphatic rings. The minimum atomic E-state index is -0.488. The normalized spacial score (nSPS) is 11.8. The zero-order valence-electron chi connectivity index (χ0n) is 17.5. The van der Waals surface area contributed by atoms with Gasteiger partial charge in [0.1, 0.15) is 6.54 Å². The van der Waals surface area contributed by atoms with E-state index >= 15 is 0 Å². The third-order valence-corrected chi connectivity index (χ3v) is 5.73. The summed E-state index contributed by atoms with van der Waals surface area (Å²) in [7, 11) is 0. The lowest BCUT2D eigenvalue weighted by Gasteiger charge is -2.06. The van der Waals surface area contributed by atoms with Crippen LogP contribution < -0.4 is 4.80 Å². The van der Waals surface area contributed by atoms with Crippen molar-refractivity contribution in [2.75, 3.05) is 6.61 Å². The van der Waals surface area contributed by atoms with Gasteiger partial charge >= 0.3 is 5.97 Å². The Kier molecular flexibility index (Phi) is 6.96. The highest BCUT2D eigenvalue weighted by Gasteiger charge is 2.15. The van der Waals surface area contributed by atoms with Crippen molar-refractivity contribution in [2.24, 2.45) is 4.99 Å². The number of fused-ring (bicyclic) bond motifs is 1. The largest absolute Gasteiger partial charge is 0.465 e. The van der Waals surface area contributed by atoms with Crippen molar-refractivity contribution in [1.29, 1.82) is 0 Å². The van der Waals surface area contributed by atoms with Gasteiger partial charge in [-0.3, -0.25) is 19.7 Å². The van der Waals surface area contributed by atoms with E-state index in [4.69, 9.17) is 4.74 Å². The second kappa shape index (κ2) is 9.65. The molecule has 0 aliphatic carbocycles. The molecule has 8 nitrogen and oxygen atoms in total. The molecule has 1 heterocycles. The number of rotatable bonds is 7. The molecule has 0 unspecified atom stereocenters. The van der Waals surface area contributed by atoms with Crippen LogP contribution in [0, 0.1) is 10.1 Å². The van der Waals surface area contributed by atoms with Crippen molar-refractivity contribution in [2.45, 2.75) is 39.7 Å². The Labute approximate surface area is 183 Å². The molecule has 0 atom stereocenters. The first-order valence-electron chi connectivity index (χ1n) is 9.88. The Hall–Kier alpha value is -3.33. The fourth-order valence-corrected chi connectivity index (χ4v) is 4.17. The molecule has 3 aromatic rings. The first-order chi connectivity index (χ1) is 14.8. The summed E-state index contributed by atoms with van der Waals surface area (Å²) in [5, 5.41) is 11.1. The Bertz CT molecular complexity index is 1190. The number of nitro groups is 1. The smallest absolute Gasteiger partial charge is 0.326 e. The van der Waals surface area contributed by atoms with Crippen LogP contribution >= 0.6 is 11.3 Å². The van der Waals surface area contributed by atoms with Gasteiger partial charge in [-0.05, 0) is 30.0 Å². The van der Waals surface area contributed by atoms with Crippen LogP contribution in [0.1, 0.15) is 37.8 Å². The van der Waals surface area contributed by atoms with Gasteiger partial charge in [-0.25, -0.2) is 0 Å². The van der Waals surface area contributed by atoms with E-state index in [1.165, 1.54) is 17.7 Å². The summed E-state index contributed by atoms with van der Waals surface area (Å²) in [6.45, 7) is 6.00. The van der Waals surface area contributed by atoms with E-state index in [0.717, 1.165) is 16.9 Å². The molecule has 162 valence electrons. The number of nitrogens with zero attached hydrogens (tertiary/aromatic N) is 3. The van der Waals surface area contributed by atoms with Crippen molar-refractivity contribution >= 4 is 39.1 Å². The minimum Gasteiger partial charge on any atom is -0.465 e. The summed E-state index contributed by atoms with van der Waals surface area (Å²) in [6.07, 6.45) is 0.117. The lowest BCUT2D eigenvalue weighted by Crippen LogP contribution is -2.23. The summed E-state index contributed by atoms with van der Waals surface area (Å²) in [5.74, 6) is -0.437. The number of ether oxygens (including phenoxy) is 1. The van der Waals surface area contributed by atoms with Crippen LogP contribution in [-0.2, 0) is 27.3 Å². The summed E-state index contributed by atoms with van der Waals surface area (Å²) in [5.41, 5.74) is 2.54. The number of nitro benzene ring substituents is 1. The van der Waals surface area contributed by atoms with Crippen molar-refractivity contribution < 1.29 is 19.2 Å². The predicted molar refractivity (Wildman–Crippen MR) is 118 cm³/mol. The van der Waals surface area contributed by atoms with Gasteiger partial charge in [0, 0.05) is 12.1 Å². The second-order valence-corrected chi connectivity index (χ2v) is 8.27. The number of hydrogen-bond acceptors (Lipinski definition) is 6. The van der Waals surface area contributed by atoms with Gasteiger partial charge in [0.05, 0.1) is 28.2 Å². The molecule has 0 saturated heterocycles. The van der Waals surface area contributed by atoms with Crippen molar-refractivity contribution in [3.8, 4) is 0 Å². The molecule has 31 heavy (non-hydrogen) atoms. The van der Waals surface area contributed by atoms with Crippen LogP contribution in [0.25, 0.3) is 10.2 Å². The van der Waals surface area contributed by atoms with Gasteiger partial charge in [0.25, 0.3) is 11.6 Å². The summed E-state index contributed by atoms with van der Waals surface area (Å²) >= 11 is 1.12. The lowest BCUT2D eigenvalue weighted by molar-refractivity contribution is -0.384. The third kappa shape index (κ3) is 5.43. The van der Waals surface area contributed by atoms with Gasteiger partial charge in [-0.1, -0.05) is 49.4 Å². The molecule has 0 radical (unpaired) electrons. The van der Waals surface area contributed by atoms with Gasteiger partial charge in [-0.2, -0.15) is 4.99 Å². The number of carbonyl (C=O) groups is 2. The molecule has 1 amide bonds. The number of aromatic nitrogens is 1. The van der Waals surface area contributed by atoms with Crippen molar-refractivity contribution in [3.63, 3.8) is 0 Å². The van der Waals surface area contributed by atoms with Crippen LogP contribution in [0.5, 0.6) is 0 Å².